The summed E-state index contributed by atoms with van der Waals surface area (Å²) in [7, 11) is 1.62. The van der Waals surface area contributed by atoms with Gasteiger partial charge in [-0.3, -0.25) is 4.79 Å². The maximum Gasteiger partial charge on any atom is 0.211 e. The van der Waals surface area contributed by atoms with E-state index in [1.54, 1.807) is 30.4 Å². The zero-order chi connectivity index (χ0) is 28.3. The predicted molar refractivity (Wildman–Crippen MR) is 150 cm³/mol. The van der Waals surface area contributed by atoms with Gasteiger partial charge in [-0.2, -0.15) is 0 Å². The number of ether oxygens (including phenoxy) is 3. The van der Waals surface area contributed by atoms with E-state index < -0.39 is 5.82 Å². The van der Waals surface area contributed by atoms with Crippen LogP contribution in [0.2, 0.25) is 0 Å². The van der Waals surface area contributed by atoms with Crippen molar-refractivity contribution >= 4 is 23.1 Å². The van der Waals surface area contributed by atoms with Crippen LogP contribution < -0.4 is 19.5 Å². The van der Waals surface area contributed by atoms with E-state index in [1.165, 1.54) is 6.07 Å². The van der Waals surface area contributed by atoms with E-state index >= 15 is 4.39 Å². The van der Waals surface area contributed by atoms with Crippen LogP contribution in [0.5, 0.6) is 17.2 Å². The zero-order valence-electron chi connectivity index (χ0n) is 22.6. The summed E-state index contributed by atoms with van der Waals surface area (Å²) in [6, 6.07) is 10.8. The number of imidazole rings is 1. The van der Waals surface area contributed by atoms with Crippen LogP contribution in [-0.4, -0.2) is 56.0 Å². The first-order chi connectivity index (χ1) is 20.1. The van der Waals surface area contributed by atoms with Crippen molar-refractivity contribution in [3.8, 4) is 40.2 Å². The Labute approximate surface area is 234 Å². The fraction of sp³-hybridized carbons (Fsp3) is 0.276. The molecule has 6 rings (SSSR count). The average Bonchev–Trinajstić information content (AvgIpc) is 3.58. The molecule has 4 heterocycles. The summed E-state index contributed by atoms with van der Waals surface area (Å²) in [6.45, 7) is 3.90. The number of aromatic nitrogens is 6. The molecular weight excluding hydrogens is 529 g/mol. The van der Waals surface area contributed by atoms with Crippen molar-refractivity contribution in [3.63, 3.8) is 0 Å². The molecule has 12 heteroatoms. The van der Waals surface area contributed by atoms with Gasteiger partial charge >= 0.3 is 0 Å². The summed E-state index contributed by atoms with van der Waals surface area (Å²) in [5, 5.41) is 7.16. The molecule has 3 aromatic heterocycles. The second-order valence-electron chi connectivity index (χ2n) is 9.45. The predicted octanol–water partition coefficient (Wildman–Crippen LogP) is 4.69. The zero-order valence-corrected chi connectivity index (χ0v) is 22.6. The standard InChI is InChI=1S/C29H28FN7O4/c1-3-40-22-13-23-27-26(25(22)33-17-38)34-29(37(27)10-4-5-11-41-23)19-12-21(30)24(31-14-19)28-32-16-36(35-28)15-18-6-8-20(39-2)9-7-18/h6-9,12-14,16-17H,3-5,10-11,15H2,1-2H3,(H,33,38). The number of carbonyl (C=O) groups excluding carboxylic acids is 1. The molecule has 1 aliphatic rings. The van der Waals surface area contributed by atoms with Crippen LogP contribution in [0.25, 0.3) is 33.9 Å². The third-order valence-electron chi connectivity index (χ3n) is 6.83. The minimum atomic E-state index is -0.576. The minimum absolute atomic E-state index is 0.0389. The van der Waals surface area contributed by atoms with Gasteiger partial charge in [0.15, 0.2) is 5.82 Å². The van der Waals surface area contributed by atoms with Crippen molar-refractivity contribution in [2.45, 2.75) is 32.9 Å². The van der Waals surface area contributed by atoms with Crippen LogP contribution in [0, 0.1) is 5.82 Å². The Balaban J connectivity index is 1.37. The molecule has 0 saturated carbocycles. The van der Waals surface area contributed by atoms with E-state index in [0.29, 0.717) is 72.3 Å². The number of pyridine rings is 1. The SMILES string of the molecule is CCOc1cc2c3c(nc(-c4cnc(-c5ncn(Cc6ccc(OC)cc6)n5)c(F)c4)n3CCCCO2)c1NC=O. The maximum absolute atomic E-state index is 15.5. The van der Waals surface area contributed by atoms with Crippen molar-refractivity contribution in [2.75, 3.05) is 25.6 Å². The van der Waals surface area contributed by atoms with E-state index in [1.807, 2.05) is 35.8 Å². The van der Waals surface area contributed by atoms with Crippen LogP contribution in [0.3, 0.4) is 0 Å². The number of halogens is 1. The van der Waals surface area contributed by atoms with Crippen molar-refractivity contribution in [1.82, 2.24) is 29.3 Å². The molecule has 0 aliphatic carbocycles. The van der Waals surface area contributed by atoms with Crippen LogP contribution in [0.4, 0.5) is 10.1 Å². The lowest BCUT2D eigenvalue weighted by Gasteiger charge is -2.18. The van der Waals surface area contributed by atoms with E-state index in [9.17, 15) is 4.79 Å². The molecule has 1 amide bonds. The van der Waals surface area contributed by atoms with Gasteiger partial charge in [-0.1, -0.05) is 12.1 Å². The van der Waals surface area contributed by atoms with Crippen molar-refractivity contribution in [2.24, 2.45) is 0 Å². The largest absolute Gasteiger partial charge is 0.497 e. The van der Waals surface area contributed by atoms with Gasteiger partial charge in [0.05, 0.1) is 26.9 Å². The molecule has 2 aromatic carbocycles. The first-order valence-electron chi connectivity index (χ1n) is 13.3. The number of methoxy groups -OCH3 is 1. The lowest BCUT2D eigenvalue weighted by Crippen LogP contribution is -2.10. The molecule has 5 aromatic rings. The number of carbonyl (C=O) groups is 1. The molecular formula is C29H28FN7O4. The van der Waals surface area contributed by atoms with Gasteiger partial charge in [-0.25, -0.2) is 24.0 Å². The van der Waals surface area contributed by atoms with Gasteiger partial charge in [0.1, 0.15) is 51.8 Å². The Hall–Kier alpha value is -5.00. The second kappa shape index (κ2) is 11.2. The molecule has 1 N–H and O–H groups in total. The topological polar surface area (TPSA) is 118 Å². The number of rotatable bonds is 9. The van der Waals surface area contributed by atoms with Crippen LogP contribution in [0.15, 0.2) is 48.9 Å². The summed E-state index contributed by atoms with van der Waals surface area (Å²) in [5.74, 6) is 1.92. The van der Waals surface area contributed by atoms with Crippen LogP contribution >= 0.6 is 0 Å². The monoisotopic (exact) mass is 557 g/mol. The summed E-state index contributed by atoms with van der Waals surface area (Å²) in [5.41, 5.74) is 3.15. The van der Waals surface area contributed by atoms with Gasteiger partial charge < -0.3 is 24.1 Å². The fourth-order valence-electron chi connectivity index (χ4n) is 4.95. The van der Waals surface area contributed by atoms with Crippen molar-refractivity contribution in [1.29, 1.82) is 0 Å². The lowest BCUT2D eigenvalue weighted by atomic mass is 10.2. The summed E-state index contributed by atoms with van der Waals surface area (Å²) >= 11 is 0. The smallest absolute Gasteiger partial charge is 0.211 e. The summed E-state index contributed by atoms with van der Waals surface area (Å²) in [4.78, 5) is 25.0. The maximum atomic E-state index is 15.5. The van der Waals surface area contributed by atoms with E-state index in [0.717, 1.165) is 24.2 Å². The highest BCUT2D eigenvalue weighted by atomic mass is 19.1. The van der Waals surface area contributed by atoms with Crippen molar-refractivity contribution in [3.05, 3.63) is 60.3 Å². The molecule has 0 bridgehead atoms. The summed E-state index contributed by atoms with van der Waals surface area (Å²) < 4.78 is 36.2. The summed E-state index contributed by atoms with van der Waals surface area (Å²) in [6.07, 6.45) is 5.37. The Morgan fingerprint density at radius 2 is 2.02 bits per heavy atom. The molecule has 0 atom stereocenters. The molecule has 41 heavy (non-hydrogen) atoms. The van der Waals surface area contributed by atoms with Gasteiger partial charge in [0.2, 0.25) is 12.2 Å². The van der Waals surface area contributed by atoms with Gasteiger partial charge in [-0.15, -0.1) is 5.10 Å². The molecule has 0 saturated heterocycles. The van der Waals surface area contributed by atoms with E-state index in [2.05, 4.69) is 20.4 Å². The molecule has 0 unspecified atom stereocenters. The number of amides is 1. The molecule has 1 aliphatic heterocycles. The molecule has 0 fully saturated rings. The van der Waals surface area contributed by atoms with Crippen molar-refractivity contribution < 1.29 is 23.4 Å². The minimum Gasteiger partial charge on any atom is -0.497 e. The van der Waals surface area contributed by atoms with Gasteiger partial charge in [0, 0.05) is 24.4 Å². The average molecular weight is 558 g/mol. The third-order valence-corrected chi connectivity index (χ3v) is 6.83. The highest BCUT2D eigenvalue weighted by Crippen LogP contribution is 2.42. The number of nitrogens with one attached hydrogen (secondary N) is 1. The number of hydrogen-bond donors (Lipinski definition) is 1. The van der Waals surface area contributed by atoms with Gasteiger partial charge in [0.25, 0.3) is 0 Å². The highest BCUT2D eigenvalue weighted by molar-refractivity contribution is 6.01. The number of benzene rings is 2. The number of nitrogens with zero attached hydrogens (tertiary/aromatic N) is 6. The molecule has 0 spiro atoms. The van der Waals surface area contributed by atoms with E-state index in [-0.39, 0.29) is 11.5 Å². The second-order valence-corrected chi connectivity index (χ2v) is 9.45. The fourth-order valence-corrected chi connectivity index (χ4v) is 4.95. The Kier molecular flexibility index (Phi) is 7.19. The molecule has 0 radical (unpaired) electrons. The van der Waals surface area contributed by atoms with Gasteiger partial charge in [-0.05, 0) is 43.5 Å². The van der Waals surface area contributed by atoms with Crippen LogP contribution in [-0.2, 0) is 17.9 Å². The molecule has 210 valence electrons. The Morgan fingerprint density at radius 1 is 1.17 bits per heavy atom. The normalized spacial score (nSPS) is 12.9. The Morgan fingerprint density at radius 3 is 2.78 bits per heavy atom. The lowest BCUT2D eigenvalue weighted by molar-refractivity contribution is -0.105. The molecule has 11 nitrogen and oxygen atoms in total. The van der Waals surface area contributed by atoms with E-state index in [4.69, 9.17) is 19.2 Å². The first kappa shape index (κ1) is 26.2. The van der Waals surface area contributed by atoms with Crippen LogP contribution in [0.1, 0.15) is 25.3 Å². The number of anilines is 1. The quantitative estimate of drug-likeness (QED) is 0.259. The Bertz CT molecular complexity index is 1710. The number of aryl methyl sites for hydroxylation is 1. The highest BCUT2D eigenvalue weighted by Gasteiger charge is 2.25. The first-order valence-corrected chi connectivity index (χ1v) is 13.3. The number of hydrogen-bond acceptors (Lipinski definition) is 8. The third kappa shape index (κ3) is 5.04.